The van der Waals surface area contributed by atoms with E-state index in [0.29, 0.717) is 5.92 Å². The maximum Gasteiger partial charge on any atom is 0.410 e. The maximum absolute atomic E-state index is 11.8. The number of rotatable bonds is 2. The van der Waals surface area contributed by atoms with Gasteiger partial charge in [-0.1, -0.05) is 0 Å². The SMILES string of the molecule is C[C@@H]([C@@H]1CCNC1)N(C)C(=O)OC(C)(C)C. The van der Waals surface area contributed by atoms with Crippen molar-refractivity contribution in [1.29, 1.82) is 0 Å². The van der Waals surface area contributed by atoms with Crippen LogP contribution in [0, 0.1) is 5.92 Å². The first kappa shape index (κ1) is 13.3. The molecule has 1 aliphatic rings. The van der Waals surface area contributed by atoms with Gasteiger partial charge in [-0.05, 0) is 53.1 Å². The molecule has 2 atom stereocenters. The molecular weight excluding hydrogens is 204 g/mol. The lowest BCUT2D eigenvalue weighted by Gasteiger charge is -2.31. The first-order valence-electron chi connectivity index (χ1n) is 5.98. The molecule has 0 aromatic heterocycles. The van der Waals surface area contributed by atoms with Crippen LogP contribution in [0.3, 0.4) is 0 Å². The van der Waals surface area contributed by atoms with Crippen LogP contribution in [0.1, 0.15) is 34.1 Å². The summed E-state index contributed by atoms with van der Waals surface area (Å²) >= 11 is 0. The number of nitrogens with zero attached hydrogens (tertiary/aromatic N) is 1. The lowest BCUT2D eigenvalue weighted by Crippen LogP contribution is -2.43. The topological polar surface area (TPSA) is 41.6 Å². The molecule has 0 unspecified atom stereocenters. The summed E-state index contributed by atoms with van der Waals surface area (Å²) in [5, 5.41) is 3.32. The highest BCUT2D eigenvalue weighted by molar-refractivity contribution is 5.68. The highest BCUT2D eigenvalue weighted by atomic mass is 16.6. The van der Waals surface area contributed by atoms with Crippen LogP contribution in [0.2, 0.25) is 0 Å². The predicted molar refractivity (Wildman–Crippen MR) is 64.4 cm³/mol. The zero-order valence-corrected chi connectivity index (χ0v) is 11.0. The Morgan fingerprint density at radius 3 is 2.56 bits per heavy atom. The van der Waals surface area contributed by atoms with Gasteiger partial charge in [0.1, 0.15) is 5.60 Å². The molecule has 4 heteroatoms. The lowest BCUT2D eigenvalue weighted by atomic mass is 10.00. The fourth-order valence-corrected chi connectivity index (χ4v) is 1.91. The predicted octanol–water partition coefficient (Wildman–Crippen LogP) is 1.85. The minimum absolute atomic E-state index is 0.227. The number of hydrogen-bond acceptors (Lipinski definition) is 3. The molecule has 0 aromatic rings. The van der Waals surface area contributed by atoms with Crippen molar-refractivity contribution in [3.8, 4) is 0 Å². The highest BCUT2D eigenvalue weighted by Gasteiger charge is 2.29. The summed E-state index contributed by atoms with van der Waals surface area (Å²) in [7, 11) is 1.82. The zero-order valence-electron chi connectivity index (χ0n) is 11.0. The molecule has 1 aliphatic heterocycles. The molecule has 0 bridgehead atoms. The largest absolute Gasteiger partial charge is 0.444 e. The molecule has 1 rings (SSSR count). The van der Waals surface area contributed by atoms with E-state index < -0.39 is 5.60 Å². The quantitative estimate of drug-likeness (QED) is 0.784. The second kappa shape index (κ2) is 5.04. The average Bonchev–Trinajstić information content (AvgIpc) is 2.65. The van der Waals surface area contributed by atoms with Crippen LogP contribution >= 0.6 is 0 Å². The molecule has 1 amide bonds. The lowest BCUT2D eigenvalue weighted by molar-refractivity contribution is 0.0192. The third-order valence-electron chi connectivity index (χ3n) is 3.07. The third-order valence-corrected chi connectivity index (χ3v) is 3.07. The van der Waals surface area contributed by atoms with Crippen LogP contribution in [-0.2, 0) is 4.74 Å². The number of carbonyl (C=O) groups excluding carboxylic acids is 1. The molecule has 0 spiro atoms. The van der Waals surface area contributed by atoms with Crippen LogP contribution in [0.5, 0.6) is 0 Å². The summed E-state index contributed by atoms with van der Waals surface area (Å²) in [6, 6.07) is 0.227. The van der Waals surface area contributed by atoms with Crippen molar-refractivity contribution >= 4 is 6.09 Å². The van der Waals surface area contributed by atoms with Crippen LogP contribution < -0.4 is 5.32 Å². The van der Waals surface area contributed by atoms with Crippen molar-refractivity contribution in [3.05, 3.63) is 0 Å². The van der Waals surface area contributed by atoms with Gasteiger partial charge in [0.25, 0.3) is 0 Å². The van der Waals surface area contributed by atoms with Crippen LogP contribution in [0.25, 0.3) is 0 Å². The summed E-state index contributed by atoms with van der Waals surface area (Å²) < 4.78 is 5.35. The summed E-state index contributed by atoms with van der Waals surface area (Å²) in [5.41, 5.74) is -0.418. The van der Waals surface area contributed by atoms with Gasteiger partial charge in [-0.3, -0.25) is 0 Å². The second-order valence-electron chi connectivity index (χ2n) is 5.58. The molecule has 0 aliphatic carbocycles. The van der Waals surface area contributed by atoms with Gasteiger partial charge in [-0.15, -0.1) is 0 Å². The summed E-state index contributed by atoms with van der Waals surface area (Å²) in [4.78, 5) is 13.6. The van der Waals surface area contributed by atoms with E-state index in [4.69, 9.17) is 4.74 Å². The van der Waals surface area contributed by atoms with Crippen molar-refractivity contribution in [2.75, 3.05) is 20.1 Å². The Hall–Kier alpha value is -0.770. The number of ether oxygens (including phenoxy) is 1. The van der Waals surface area contributed by atoms with E-state index in [1.165, 1.54) is 0 Å². The van der Waals surface area contributed by atoms with Gasteiger partial charge in [-0.2, -0.15) is 0 Å². The van der Waals surface area contributed by atoms with Crippen molar-refractivity contribution in [3.63, 3.8) is 0 Å². The fraction of sp³-hybridized carbons (Fsp3) is 0.917. The molecule has 94 valence electrons. The van der Waals surface area contributed by atoms with Crippen LogP contribution in [-0.4, -0.2) is 42.8 Å². The minimum Gasteiger partial charge on any atom is -0.444 e. The van der Waals surface area contributed by atoms with E-state index in [0.717, 1.165) is 19.5 Å². The third kappa shape index (κ3) is 3.67. The molecule has 1 saturated heterocycles. The van der Waals surface area contributed by atoms with Gasteiger partial charge in [-0.25, -0.2) is 4.79 Å². The van der Waals surface area contributed by atoms with E-state index in [2.05, 4.69) is 12.2 Å². The Morgan fingerprint density at radius 2 is 2.12 bits per heavy atom. The fourth-order valence-electron chi connectivity index (χ4n) is 1.91. The number of carbonyl (C=O) groups is 1. The molecule has 0 saturated carbocycles. The first-order valence-corrected chi connectivity index (χ1v) is 5.98. The smallest absolute Gasteiger partial charge is 0.410 e. The van der Waals surface area contributed by atoms with E-state index >= 15 is 0 Å². The summed E-state index contributed by atoms with van der Waals surface area (Å²) in [6.07, 6.45) is 0.904. The second-order valence-corrected chi connectivity index (χ2v) is 5.58. The molecule has 1 N–H and O–H groups in total. The first-order chi connectivity index (χ1) is 7.31. The monoisotopic (exact) mass is 228 g/mol. The van der Waals surface area contributed by atoms with Gasteiger partial charge >= 0.3 is 6.09 Å². The van der Waals surface area contributed by atoms with Gasteiger partial charge in [0.05, 0.1) is 0 Å². The van der Waals surface area contributed by atoms with Gasteiger partial charge < -0.3 is 15.0 Å². The van der Waals surface area contributed by atoms with Crippen LogP contribution in [0.15, 0.2) is 0 Å². The zero-order chi connectivity index (χ0) is 12.3. The van der Waals surface area contributed by atoms with Crippen LogP contribution in [0.4, 0.5) is 4.79 Å². The molecule has 0 aromatic carbocycles. The number of hydrogen-bond donors (Lipinski definition) is 1. The van der Waals surface area contributed by atoms with Gasteiger partial charge in [0, 0.05) is 13.1 Å². The van der Waals surface area contributed by atoms with Crippen molar-refractivity contribution in [2.45, 2.75) is 45.8 Å². The summed E-state index contributed by atoms with van der Waals surface area (Å²) in [5.74, 6) is 0.539. The van der Waals surface area contributed by atoms with Crippen molar-refractivity contribution in [2.24, 2.45) is 5.92 Å². The van der Waals surface area contributed by atoms with E-state index in [-0.39, 0.29) is 12.1 Å². The Morgan fingerprint density at radius 1 is 1.50 bits per heavy atom. The maximum atomic E-state index is 11.8. The Labute approximate surface area is 98.3 Å². The van der Waals surface area contributed by atoms with Gasteiger partial charge in [0.2, 0.25) is 0 Å². The molecule has 4 nitrogen and oxygen atoms in total. The molecular formula is C12H24N2O2. The normalized spacial score (nSPS) is 22.9. The Bertz CT molecular complexity index is 242. The Kier molecular flexibility index (Phi) is 4.19. The van der Waals surface area contributed by atoms with Crippen molar-refractivity contribution < 1.29 is 9.53 Å². The van der Waals surface area contributed by atoms with E-state index in [1.54, 1.807) is 4.90 Å². The standard InChI is InChI=1S/C12H24N2O2/c1-9(10-6-7-13-8-10)14(5)11(15)16-12(2,3)4/h9-10,13H,6-8H2,1-5H3/t9-,10+/m0/s1. The van der Waals surface area contributed by atoms with Gasteiger partial charge in [0.15, 0.2) is 0 Å². The average molecular weight is 228 g/mol. The Balaban J connectivity index is 2.49. The summed E-state index contributed by atoms with van der Waals surface area (Å²) in [6.45, 7) is 9.80. The molecule has 1 fully saturated rings. The number of amides is 1. The molecule has 1 heterocycles. The molecule has 16 heavy (non-hydrogen) atoms. The van der Waals surface area contributed by atoms with Crippen molar-refractivity contribution in [1.82, 2.24) is 10.2 Å². The highest BCUT2D eigenvalue weighted by Crippen LogP contribution is 2.19. The number of nitrogens with one attached hydrogen (secondary N) is 1. The van der Waals surface area contributed by atoms with E-state index in [9.17, 15) is 4.79 Å². The minimum atomic E-state index is -0.418. The molecule has 0 radical (unpaired) electrons. The van der Waals surface area contributed by atoms with E-state index in [1.807, 2.05) is 27.8 Å².